The first kappa shape index (κ1) is 20.2. The molecule has 0 atom stereocenters. The molecule has 5 heterocycles. The van der Waals surface area contributed by atoms with E-state index in [1.165, 1.54) is 16.9 Å². The predicted octanol–water partition coefficient (Wildman–Crippen LogP) is 3.72. The molecule has 2 aliphatic heterocycles. The van der Waals surface area contributed by atoms with Crippen molar-refractivity contribution in [3.63, 3.8) is 0 Å². The van der Waals surface area contributed by atoms with Crippen LogP contribution in [0, 0.1) is 0 Å². The smallest absolute Gasteiger partial charge is 0.269 e. The fraction of sp³-hybridized carbons (Fsp3) is 0.571. The number of pyridine rings is 1. The lowest BCUT2D eigenvalue weighted by Crippen LogP contribution is -2.39. The minimum atomic E-state index is -0.265. The van der Waals surface area contributed by atoms with Gasteiger partial charge in [0.1, 0.15) is 15.3 Å². The lowest BCUT2D eigenvalue weighted by Gasteiger charge is -2.36. The summed E-state index contributed by atoms with van der Waals surface area (Å²) in [7, 11) is 0. The summed E-state index contributed by atoms with van der Waals surface area (Å²) in [4.78, 5) is 28.9. The summed E-state index contributed by atoms with van der Waals surface area (Å²) in [5.74, 6) is 1.90. The molecule has 2 aliphatic rings. The number of fused-ring (bicyclic) bond motifs is 5. The molecule has 0 aromatic carbocycles. The van der Waals surface area contributed by atoms with Crippen LogP contribution in [0.25, 0.3) is 20.4 Å². The number of anilines is 1. The maximum Gasteiger partial charge on any atom is 0.269 e. The quantitative estimate of drug-likeness (QED) is 0.483. The Labute approximate surface area is 183 Å². The first-order valence-electron chi connectivity index (χ1n) is 10.4. The van der Waals surface area contributed by atoms with Gasteiger partial charge in [0.25, 0.3) is 5.56 Å². The van der Waals surface area contributed by atoms with E-state index >= 15 is 0 Å². The minimum Gasteiger partial charge on any atom is -0.378 e. The van der Waals surface area contributed by atoms with Gasteiger partial charge in [-0.3, -0.25) is 4.79 Å². The van der Waals surface area contributed by atoms with E-state index in [0.717, 1.165) is 58.8 Å². The third kappa shape index (κ3) is 3.51. The number of thiophene rings is 1. The summed E-state index contributed by atoms with van der Waals surface area (Å²) in [5, 5.41) is 1.72. The molecule has 1 fully saturated rings. The van der Waals surface area contributed by atoms with Gasteiger partial charge in [-0.1, -0.05) is 18.7 Å². The average Bonchev–Trinajstić information content (AvgIpc) is 3.11. The van der Waals surface area contributed by atoms with Crippen LogP contribution in [0.3, 0.4) is 0 Å². The first-order valence-corrected chi connectivity index (χ1v) is 12.2. The van der Waals surface area contributed by atoms with E-state index in [1.54, 1.807) is 11.8 Å². The van der Waals surface area contributed by atoms with Crippen LogP contribution in [0.1, 0.15) is 38.3 Å². The zero-order valence-electron chi connectivity index (χ0n) is 17.5. The molecule has 0 aliphatic carbocycles. The summed E-state index contributed by atoms with van der Waals surface area (Å²) in [6, 6.07) is 0. The molecule has 1 saturated heterocycles. The number of hydrogen-bond donors (Lipinski definition) is 1. The van der Waals surface area contributed by atoms with Gasteiger partial charge in [0.05, 0.1) is 30.9 Å². The van der Waals surface area contributed by atoms with E-state index < -0.39 is 0 Å². The fourth-order valence-electron chi connectivity index (χ4n) is 4.15. The van der Waals surface area contributed by atoms with Crippen LogP contribution in [-0.4, -0.2) is 52.6 Å². The Balaban J connectivity index is 1.77. The second-order valence-corrected chi connectivity index (χ2v) is 10.5. The Morgan fingerprint density at radius 2 is 2.03 bits per heavy atom. The highest BCUT2D eigenvalue weighted by Gasteiger charge is 2.33. The maximum absolute atomic E-state index is 12.8. The van der Waals surface area contributed by atoms with Crippen molar-refractivity contribution in [2.24, 2.45) is 0 Å². The molecule has 0 unspecified atom stereocenters. The van der Waals surface area contributed by atoms with Crippen molar-refractivity contribution in [2.75, 3.05) is 37.0 Å². The molecule has 7 nitrogen and oxygen atoms in total. The Kier molecular flexibility index (Phi) is 5.25. The summed E-state index contributed by atoms with van der Waals surface area (Å²) >= 11 is 3.04. The van der Waals surface area contributed by atoms with E-state index in [4.69, 9.17) is 19.4 Å². The highest BCUT2D eigenvalue weighted by atomic mass is 32.2. The number of ether oxygens (including phenoxy) is 2. The third-order valence-electron chi connectivity index (χ3n) is 5.61. The van der Waals surface area contributed by atoms with E-state index in [-0.39, 0.29) is 11.2 Å². The standard InChI is InChI=1S/C21H26N4O3S2/c1-4-9-29-20-22-15-14-12-10-21(2,3)28-11-13(12)17(25-5-7-27-8-6-25)23-19(14)30-16(15)18(26)24-20/h4-11H2,1-3H3,(H,22,24,26). The van der Waals surface area contributed by atoms with Crippen LogP contribution >= 0.6 is 23.1 Å². The Bertz CT molecular complexity index is 1160. The van der Waals surface area contributed by atoms with Crippen molar-refractivity contribution >= 4 is 49.3 Å². The molecule has 30 heavy (non-hydrogen) atoms. The monoisotopic (exact) mass is 446 g/mol. The number of thioether (sulfide) groups is 1. The van der Waals surface area contributed by atoms with Crippen molar-refractivity contribution in [3.8, 4) is 0 Å². The number of rotatable bonds is 4. The van der Waals surface area contributed by atoms with Crippen molar-refractivity contribution in [1.82, 2.24) is 15.0 Å². The molecular formula is C21H26N4O3S2. The average molecular weight is 447 g/mol. The molecule has 3 aromatic heterocycles. The normalized spacial score (nSPS) is 18.8. The number of hydrogen-bond acceptors (Lipinski definition) is 8. The summed E-state index contributed by atoms with van der Waals surface area (Å²) in [6.45, 7) is 9.92. The minimum absolute atomic E-state index is 0.0744. The zero-order chi connectivity index (χ0) is 20.9. The molecule has 0 radical (unpaired) electrons. The lowest BCUT2D eigenvalue weighted by atomic mass is 9.90. The molecule has 0 amide bonds. The molecular weight excluding hydrogens is 420 g/mol. The van der Waals surface area contributed by atoms with Crippen LogP contribution in [0.4, 0.5) is 5.82 Å². The van der Waals surface area contributed by atoms with Gasteiger partial charge >= 0.3 is 0 Å². The molecule has 160 valence electrons. The second-order valence-electron chi connectivity index (χ2n) is 8.40. The Hall–Kier alpha value is -1.68. The molecule has 3 aromatic rings. The summed E-state index contributed by atoms with van der Waals surface area (Å²) in [6.07, 6.45) is 1.80. The molecule has 0 bridgehead atoms. The molecule has 0 saturated carbocycles. The number of aromatic nitrogens is 3. The van der Waals surface area contributed by atoms with Crippen molar-refractivity contribution in [2.45, 2.75) is 51.0 Å². The first-order chi connectivity index (χ1) is 14.5. The van der Waals surface area contributed by atoms with Gasteiger partial charge in [0, 0.05) is 36.2 Å². The Morgan fingerprint density at radius 3 is 2.80 bits per heavy atom. The van der Waals surface area contributed by atoms with Crippen LogP contribution in [0.2, 0.25) is 0 Å². The fourth-order valence-corrected chi connectivity index (χ4v) is 5.90. The lowest BCUT2D eigenvalue weighted by molar-refractivity contribution is -0.0396. The van der Waals surface area contributed by atoms with E-state index in [1.807, 2.05) is 0 Å². The van der Waals surface area contributed by atoms with Gasteiger partial charge < -0.3 is 19.4 Å². The SMILES string of the molecule is CCCSc1nc2c(sc3nc(N4CCOCC4)c4c(c32)CC(C)(C)OC4)c(=O)[nH]1. The predicted molar refractivity (Wildman–Crippen MR) is 122 cm³/mol. The highest BCUT2D eigenvalue weighted by molar-refractivity contribution is 7.99. The van der Waals surface area contributed by atoms with Gasteiger partial charge in [0.2, 0.25) is 0 Å². The van der Waals surface area contributed by atoms with Gasteiger partial charge in [0.15, 0.2) is 5.16 Å². The maximum atomic E-state index is 12.8. The van der Waals surface area contributed by atoms with Gasteiger partial charge in [-0.25, -0.2) is 9.97 Å². The number of nitrogens with one attached hydrogen (secondary N) is 1. The largest absolute Gasteiger partial charge is 0.378 e. The van der Waals surface area contributed by atoms with Crippen LogP contribution < -0.4 is 10.5 Å². The van der Waals surface area contributed by atoms with Crippen LogP contribution in [0.15, 0.2) is 9.95 Å². The summed E-state index contributed by atoms with van der Waals surface area (Å²) in [5.41, 5.74) is 2.81. The number of nitrogens with zero attached hydrogens (tertiary/aromatic N) is 3. The van der Waals surface area contributed by atoms with Crippen molar-refractivity contribution in [1.29, 1.82) is 0 Å². The molecule has 1 N–H and O–H groups in total. The van der Waals surface area contributed by atoms with Crippen LogP contribution in [-0.2, 0) is 22.5 Å². The topological polar surface area (TPSA) is 80.3 Å². The number of morpholine rings is 1. The van der Waals surface area contributed by atoms with Gasteiger partial charge in [-0.05, 0) is 25.8 Å². The van der Waals surface area contributed by atoms with E-state index in [9.17, 15) is 4.79 Å². The van der Waals surface area contributed by atoms with E-state index in [2.05, 4.69) is 30.7 Å². The molecule has 0 spiro atoms. The number of aromatic amines is 1. The summed E-state index contributed by atoms with van der Waals surface area (Å²) < 4.78 is 12.4. The zero-order valence-corrected chi connectivity index (χ0v) is 19.2. The van der Waals surface area contributed by atoms with Gasteiger partial charge in [-0.2, -0.15) is 0 Å². The van der Waals surface area contributed by atoms with Gasteiger partial charge in [-0.15, -0.1) is 11.3 Å². The van der Waals surface area contributed by atoms with Crippen molar-refractivity contribution in [3.05, 3.63) is 21.5 Å². The highest BCUT2D eigenvalue weighted by Crippen LogP contribution is 2.42. The third-order valence-corrected chi connectivity index (χ3v) is 7.76. The van der Waals surface area contributed by atoms with Crippen LogP contribution in [0.5, 0.6) is 0 Å². The van der Waals surface area contributed by atoms with E-state index in [0.29, 0.717) is 29.7 Å². The Morgan fingerprint density at radius 1 is 1.23 bits per heavy atom. The molecule has 9 heteroatoms. The molecule has 5 rings (SSSR count). The van der Waals surface area contributed by atoms with Crippen molar-refractivity contribution < 1.29 is 9.47 Å². The number of H-pyrrole nitrogens is 1. The second kappa shape index (κ2) is 7.78.